The molecular formula is C16H22O4. The van der Waals surface area contributed by atoms with E-state index in [0.29, 0.717) is 12.2 Å². The fourth-order valence-corrected chi connectivity index (χ4v) is 1.64. The van der Waals surface area contributed by atoms with E-state index in [0.717, 1.165) is 5.56 Å². The summed E-state index contributed by atoms with van der Waals surface area (Å²) in [4.78, 5) is 22.5. The highest BCUT2D eigenvalue weighted by molar-refractivity contribution is 5.78. The van der Waals surface area contributed by atoms with Gasteiger partial charge in [0.2, 0.25) is 0 Å². The summed E-state index contributed by atoms with van der Waals surface area (Å²) < 4.78 is 10.6. The molecule has 0 heterocycles. The van der Waals surface area contributed by atoms with Gasteiger partial charge in [-0.25, -0.2) is 0 Å². The summed E-state index contributed by atoms with van der Waals surface area (Å²) in [6.45, 7) is 7.34. The molecule has 0 amide bonds. The number of ether oxygens (including phenoxy) is 2. The SMILES string of the molecule is CC(=O)Cc1ccc(OCCC(=O)OC(C)(C)C)cc1. The van der Waals surface area contributed by atoms with Crippen molar-refractivity contribution in [3.63, 3.8) is 0 Å². The number of hydrogen-bond donors (Lipinski definition) is 0. The highest BCUT2D eigenvalue weighted by Gasteiger charge is 2.15. The van der Waals surface area contributed by atoms with E-state index in [4.69, 9.17) is 9.47 Å². The summed E-state index contributed by atoms with van der Waals surface area (Å²) in [7, 11) is 0. The molecule has 0 unspecified atom stereocenters. The van der Waals surface area contributed by atoms with Crippen molar-refractivity contribution < 1.29 is 19.1 Å². The van der Waals surface area contributed by atoms with Crippen molar-refractivity contribution in [2.45, 2.75) is 46.1 Å². The highest BCUT2D eigenvalue weighted by Crippen LogP contribution is 2.14. The Bertz CT molecular complexity index is 454. The third-order valence-corrected chi connectivity index (χ3v) is 2.37. The van der Waals surface area contributed by atoms with Gasteiger partial charge in [-0.1, -0.05) is 12.1 Å². The van der Waals surface area contributed by atoms with E-state index in [2.05, 4.69) is 0 Å². The average Bonchev–Trinajstić information content (AvgIpc) is 2.28. The standard InChI is InChI=1S/C16H22O4/c1-12(17)11-13-5-7-14(8-6-13)19-10-9-15(18)20-16(2,3)4/h5-8H,9-11H2,1-4H3. The number of carbonyl (C=O) groups is 2. The molecule has 1 aromatic carbocycles. The molecule has 0 N–H and O–H groups in total. The summed E-state index contributed by atoms with van der Waals surface area (Å²) in [6, 6.07) is 7.30. The summed E-state index contributed by atoms with van der Waals surface area (Å²) in [5.74, 6) is 0.537. The largest absolute Gasteiger partial charge is 0.493 e. The second-order valence-corrected chi connectivity index (χ2v) is 5.71. The van der Waals surface area contributed by atoms with E-state index >= 15 is 0 Å². The van der Waals surface area contributed by atoms with Crippen LogP contribution in [0.5, 0.6) is 5.75 Å². The molecule has 110 valence electrons. The van der Waals surface area contributed by atoms with Crippen LogP contribution in [0.4, 0.5) is 0 Å². The van der Waals surface area contributed by atoms with Crippen LogP contribution in [-0.4, -0.2) is 24.0 Å². The van der Waals surface area contributed by atoms with E-state index < -0.39 is 5.60 Å². The zero-order chi connectivity index (χ0) is 15.2. The summed E-state index contributed by atoms with van der Waals surface area (Å²) >= 11 is 0. The van der Waals surface area contributed by atoms with E-state index in [1.54, 1.807) is 19.1 Å². The Balaban J connectivity index is 2.35. The molecule has 20 heavy (non-hydrogen) atoms. The van der Waals surface area contributed by atoms with E-state index in [-0.39, 0.29) is 24.8 Å². The second-order valence-electron chi connectivity index (χ2n) is 5.71. The Kier molecular flexibility index (Phi) is 5.74. The minimum absolute atomic E-state index is 0.128. The van der Waals surface area contributed by atoms with Crippen LogP contribution in [0, 0.1) is 0 Å². The lowest BCUT2D eigenvalue weighted by atomic mass is 10.1. The van der Waals surface area contributed by atoms with Crippen LogP contribution >= 0.6 is 0 Å². The zero-order valence-electron chi connectivity index (χ0n) is 12.6. The van der Waals surface area contributed by atoms with Crippen LogP contribution < -0.4 is 4.74 Å². The van der Waals surface area contributed by atoms with E-state index in [1.807, 2.05) is 32.9 Å². The maximum absolute atomic E-state index is 11.5. The van der Waals surface area contributed by atoms with Crippen LogP contribution in [0.15, 0.2) is 24.3 Å². The Morgan fingerprint density at radius 1 is 1.10 bits per heavy atom. The second kappa shape index (κ2) is 7.08. The highest BCUT2D eigenvalue weighted by atomic mass is 16.6. The zero-order valence-corrected chi connectivity index (χ0v) is 12.6. The molecule has 0 radical (unpaired) electrons. The molecular weight excluding hydrogens is 256 g/mol. The predicted octanol–water partition coefficient (Wildman–Crippen LogP) is 2.93. The van der Waals surface area contributed by atoms with Gasteiger partial charge in [-0.3, -0.25) is 9.59 Å². The van der Waals surface area contributed by atoms with Gasteiger partial charge in [0.05, 0.1) is 13.0 Å². The van der Waals surface area contributed by atoms with Crippen LogP contribution in [0.3, 0.4) is 0 Å². The molecule has 0 fully saturated rings. The van der Waals surface area contributed by atoms with E-state index in [9.17, 15) is 9.59 Å². The fourth-order valence-electron chi connectivity index (χ4n) is 1.64. The molecule has 0 spiro atoms. The normalized spacial score (nSPS) is 11.0. The van der Waals surface area contributed by atoms with Crippen molar-refractivity contribution in [1.29, 1.82) is 0 Å². The molecule has 0 aliphatic heterocycles. The number of hydrogen-bond acceptors (Lipinski definition) is 4. The van der Waals surface area contributed by atoms with Crippen LogP contribution in [0.2, 0.25) is 0 Å². The summed E-state index contributed by atoms with van der Waals surface area (Å²) in [5, 5.41) is 0. The van der Waals surface area contributed by atoms with Gasteiger partial charge < -0.3 is 9.47 Å². The molecule has 0 aromatic heterocycles. The van der Waals surface area contributed by atoms with Gasteiger partial charge in [-0.2, -0.15) is 0 Å². The maximum Gasteiger partial charge on any atom is 0.309 e. The van der Waals surface area contributed by atoms with Crippen molar-refractivity contribution >= 4 is 11.8 Å². The molecule has 4 heteroatoms. The van der Waals surface area contributed by atoms with Gasteiger partial charge >= 0.3 is 5.97 Å². The average molecular weight is 278 g/mol. The Morgan fingerprint density at radius 2 is 1.70 bits per heavy atom. The van der Waals surface area contributed by atoms with Crippen LogP contribution in [-0.2, 0) is 20.7 Å². The lowest BCUT2D eigenvalue weighted by Gasteiger charge is -2.19. The van der Waals surface area contributed by atoms with Crippen molar-refractivity contribution in [3.8, 4) is 5.75 Å². The van der Waals surface area contributed by atoms with Gasteiger partial charge in [-0.15, -0.1) is 0 Å². The molecule has 0 aliphatic carbocycles. The summed E-state index contributed by atoms with van der Waals surface area (Å²) in [6.07, 6.45) is 0.644. The fraction of sp³-hybridized carbons (Fsp3) is 0.500. The third-order valence-electron chi connectivity index (χ3n) is 2.37. The molecule has 0 atom stereocenters. The van der Waals surface area contributed by atoms with Crippen LogP contribution in [0.1, 0.15) is 39.7 Å². The molecule has 0 saturated carbocycles. The smallest absolute Gasteiger partial charge is 0.309 e. The van der Waals surface area contributed by atoms with Crippen LogP contribution in [0.25, 0.3) is 0 Å². The van der Waals surface area contributed by atoms with E-state index in [1.165, 1.54) is 0 Å². The number of rotatable bonds is 6. The Labute approximate surface area is 120 Å². The van der Waals surface area contributed by atoms with Gasteiger partial charge in [0.1, 0.15) is 17.1 Å². The van der Waals surface area contributed by atoms with Gasteiger partial charge in [0.25, 0.3) is 0 Å². The first-order chi connectivity index (χ1) is 9.26. The van der Waals surface area contributed by atoms with Crippen molar-refractivity contribution in [2.75, 3.05) is 6.61 Å². The van der Waals surface area contributed by atoms with Gasteiger partial charge in [-0.05, 0) is 45.4 Å². The molecule has 4 nitrogen and oxygen atoms in total. The quantitative estimate of drug-likeness (QED) is 0.751. The van der Waals surface area contributed by atoms with Crippen molar-refractivity contribution in [3.05, 3.63) is 29.8 Å². The minimum atomic E-state index is -0.467. The number of carbonyl (C=O) groups excluding carboxylic acids is 2. The molecule has 0 bridgehead atoms. The lowest BCUT2D eigenvalue weighted by molar-refractivity contribution is -0.155. The maximum atomic E-state index is 11.5. The lowest BCUT2D eigenvalue weighted by Crippen LogP contribution is -2.24. The molecule has 0 saturated heterocycles. The number of esters is 1. The first-order valence-corrected chi connectivity index (χ1v) is 6.69. The van der Waals surface area contributed by atoms with Gasteiger partial charge in [0, 0.05) is 6.42 Å². The van der Waals surface area contributed by atoms with Gasteiger partial charge in [0.15, 0.2) is 0 Å². The number of Topliss-reactive ketones (excluding diaryl/α,β-unsaturated/α-hetero) is 1. The first kappa shape index (κ1) is 16.2. The molecule has 1 aromatic rings. The first-order valence-electron chi connectivity index (χ1n) is 6.69. The Morgan fingerprint density at radius 3 is 2.20 bits per heavy atom. The minimum Gasteiger partial charge on any atom is -0.493 e. The topological polar surface area (TPSA) is 52.6 Å². The van der Waals surface area contributed by atoms with Crippen molar-refractivity contribution in [2.24, 2.45) is 0 Å². The number of ketones is 1. The number of benzene rings is 1. The predicted molar refractivity (Wildman–Crippen MR) is 76.8 cm³/mol. The monoisotopic (exact) mass is 278 g/mol. The molecule has 0 aliphatic rings. The third kappa shape index (κ3) is 6.92. The Hall–Kier alpha value is -1.84. The summed E-state index contributed by atoms with van der Waals surface area (Å²) in [5.41, 5.74) is 0.489. The van der Waals surface area contributed by atoms with Crippen molar-refractivity contribution in [1.82, 2.24) is 0 Å². The molecule has 1 rings (SSSR count).